The summed E-state index contributed by atoms with van der Waals surface area (Å²) in [5, 5.41) is 10.2. The Morgan fingerprint density at radius 1 is 1.03 bits per heavy atom. The fourth-order valence-electron chi connectivity index (χ4n) is 4.02. The van der Waals surface area contributed by atoms with E-state index in [9.17, 15) is 4.79 Å². The highest BCUT2D eigenvalue weighted by Crippen LogP contribution is 2.44. The molecule has 0 saturated carbocycles. The smallest absolute Gasteiger partial charge is 0.237 e. The van der Waals surface area contributed by atoms with E-state index in [-0.39, 0.29) is 5.91 Å². The minimum Gasteiger partial charge on any atom is -0.463 e. The SMILES string of the molecule is Cc1cc(NC(=O)C2c3ccccc3Oc3ccccc32)n(-c2nc(-c3ccco3)cs2)n1. The van der Waals surface area contributed by atoms with Gasteiger partial charge in [-0.25, -0.2) is 4.98 Å². The lowest BCUT2D eigenvalue weighted by Crippen LogP contribution is -2.26. The summed E-state index contributed by atoms with van der Waals surface area (Å²) in [5.41, 5.74) is 3.14. The third kappa shape index (κ3) is 3.41. The highest BCUT2D eigenvalue weighted by atomic mass is 32.1. The first kappa shape index (κ1) is 19.5. The molecule has 2 aromatic carbocycles. The van der Waals surface area contributed by atoms with Crippen molar-refractivity contribution in [2.45, 2.75) is 12.8 Å². The van der Waals surface area contributed by atoms with Gasteiger partial charge < -0.3 is 14.5 Å². The second-order valence-electron chi connectivity index (χ2n) is 7.68. The monoisotopic (exact) mass is 454 g/mol. The zero-order valence-electron chi connectivity index (χ0n) is 17.6. The van der Waals surface area contributed by atoms with Gasteiger partial charge in [-0.15, -0.1) is 11.3 Å². The molecule has 0 bridgehead atoms. The molecule has 0 spiro atoms. The molecule has 4 heterocycles. The maximum absolute atomic E-state index is 13.6. The van der Waals surface area contributed by atoms with Gasteiger partial charge in [-0.3, -0.25) is 4.79 Å². The van der Waals surface area contributed by atoms with Gasteiger partial charge in [-0.2, -0.15) is 9.78 Å². The first-order valence-corrected chi connectivity index (χ1v) is 11.3. The van der Waals surface area contributed by atoms with Crippen LogP contribution in [0.2, 0.25) is 0 Å². The molecule has 5 aromatic rings. The Labute approximate surface area is 193 Å². The summed E-state index contributed by atoms with van der Waals surface area (Å²) in [6, 6.07) is 20.8. The van der Waals surface area contributed by atoms with Crippen molar-refractivity contribution in [2.75, 3.05) is 5.32 Å². The summed E-state index contributed by atoms with van der Waals surface area (Å²) in [5.74, 6) is 1.93. The molecule has 0 aliphatic carbocycles. The molecule has 0 unspecified atom stereocenters. The molecule has 1 aliphatic rings. The normalized spacial score (nSPS) is 12.6. The second-order valence-corrected chi connectivity index (χ2v) is 8.51. The second kappa shape index (κ2) is 7.75. The lowest BCUT2D eigenvalue weighted by Gasteiger charge is -2.27. The number of fused-ring (bicyclic) bond motifs is 2. The third-order valence-electron chi connectivity index (χ3n) is 5.47. The summed E-state index contributed by atoms with van der Waals surface area (Å²) >= 11 is 1.43. The van der Waals surface area contributed by atoms with E-state index in [1.807, 2.05) is 79.0 Å². The van der Waals surface area contributed by atoms with Crippen molar-refractivity contribution < 1.29 is 13.9 Å². The van der Waals surface area contributed by atoms with Crippen LogP contribution in [0.15, 0.2) is 82.8 Å². The van der Waals surface area contributed by atoms with E-state index < -0.39 is 5.92 Å². The predicted octanol–water partition coefficient (Wildman–Crippen LogP) is 5.77. The number of nitrogens with zero attached hydrogens (tertiary/aromatic N) is 3. The van der Waals surface area contributed by atoms with Crippen LogP contribution in [0.3, 0.4) is 0 Å². The van der Waals surface area contributed by atoms with Gasteiger partial charge in [0.05, 0.1) is 17.9 Å². The number of benzene rings is 2. The topological polar surface area (TPSA) is 82.2 Å². The molecule has 0 fully saturated rings. The Morgan fingerprint density at radius 2 is 1.76 bits per heavy atom. The number of para-hydroxylation sites is 2. The Hall–Kier alpha value is -4.17. The number of hydrogen-bond donors (Lipinski definition) is 1. The van der Waals surface area contributed by atoms with Crippen LogP contribution in [0.5, 0.6) is 11.5 Å². The fourth-order valence-corrected chi connectivity index (χ4v) is 4.80. The molecule has 0 atom stereocenters. The fraction of sp³-hybridized carbons (Fsp3) is 0.0800. The molecule has 33 heavy (non-hydrogen) atoms. The number of carbonyl (C=O) groups excluding carboxylic acids is 1. The van der Waals surface area contributed by atoms with Crippen LogP contribution in [-0.2, 0) is 4.79 Å². The summed E-state index contributed by atoms with van der Waals surface area (Å²) in [6.45, 7) is 1.88. The molecular formula is C25H18N4O3S. The van der Waals surface area contributed by atoms with Crippen molar-refractivity contribution in [3.63, 3.8) is 0 Å². The average molecular weight is 455 g/mol. The first-order valence-electron chi connectivity index (χ1n) is 10.4. The van der Waals surface area contributed by atoms with E-state index in [4.69, 9.17) is 9.15 Å². The molecule has 1 amide bonds. The number of furan rings is 1. The number of aryl methyl sites for hydroxylation is 1. The van der Waals surface area contributed by atoms with Crippen LogP contribution in [0.1, 0.15) is 22.7 Å². The number of aromatic nitrogens is 3. The van der Waals surface area contributed by atoms with Crippen molar-refractivity contribution in [2.24, 2.45) is 0 Å². The number of rotatable bonds is 4. The third-order valence-corrected chi connectivity index (χ3v) is 6.29. The number of ether oxygens (including phenoxy) is 1. The number of amides is 1. The Morgan fingerprint density at radius 3 is 2.45 bits per heavy atom. The number of carbonyl (C=O) groups is 1. The maximum Gasteiger partial charge on any atom is 0.237 e. The standard InChI is InChI=1S/C25H18N4O3S/c1-15-13-22(29(28-15)25-26-18(14-33-25)21-11-6-12-31-21)27-24(30)23-16-7-2-4-9-19(16)32-20-10-5-3-8-17(20)23/h2-14,23H,1H3,(H,27,30). The van der Waals surface area contributed by atoms with Crippen LogP contribution in [-0.4, -0.2) is 20.7 Å². The number of nitrogens with one attached hydrogen (secondary N) is 1. The van der Waals surface area contributed by atoms with E-state index in [1.54, 1.807) is 10.9 Å². The van der Waals surface area contributed by atoms with Crippen LogP contribution in [0.25, 0.3) is 16.6 Å². The molecule has 0 saturated heterocycles. The summed E-state index contributed by atoms with van der Waals surface area (Å²) < 4.78 is 13.1. The minimum absolute atomic E-state index is 0.165. The molecule has 6 rings (SSSR count). The number of hydrogen-bond acceptors (Lipinski definition) is 6. The van der Waals surface area contributed by atoms with Crippen molar-refractivity contribution >= 4 is 23.1 Å². The van der Waals surface area contributed by atoms with Gasteiger partial charge >= 0.3 is 0 Å². The first-order chi connectivity index (χ1) is 16.2. The Bertz CT molecular complexity index is 1420. The van der Waals surface area contributed by atoms with Gasteiger partial charge in [-0.05, 0) is 31.2 Å². The Balaban J connectivity index is 1.36. The number of thiazole rings is 1. The Kier molecular flexibility index (Phi) is 4.58. The maximum atomic E-state index is 13.6. The molecule has 0 radical (unpaired) electrons. The van der Waals surface area contributed by atoms with Gasteiger partial charge in [-0.1, -0.05) is 36.4 Å². The summed E-state index contributed by atoms with van der Waals surface area (Å²) in [4.78, 5) is 18.3. The zero-order valence-corrected chi connectivity index (χ0v) is 18.4. The van der Waals surface area contributed by atoms with Crippen LogP contribution < -0.4 is 10.1 Å². The summed E-state index contributed by atoms with van der Waals surface area (Å²) in [6.07, 6.45) is 1.61. The molecular weight excluding hydrogens is 436 g/mol. The molecule has 1 N–H and O–H groups in total. The lowest BCUT2D eigenvalue weighted by molar-refractivity contribution is -0.116. The van der Waals surface area contributed by atoms with E-state index in [2.05, 4.69) is 15.4 Å². The zero-order chi connectivity index (χ0) is 22.4. The molecule has 162 valence electrons. The lowest BCUT2D eigenvalue weighted by atomic mass is 9.87. The van der Waals surface area contributed by atoms with Crippen LogP contribution in [0, 0.1) is 6.92 Å². The highest BCUT2D eigenvalue weighted by Gasteiger charge is 2.33. The summed E-state index contributed by atoms with van der Waals surface area (Å²) in [7, 11) is 0. The van der Waals surface area contributed by atoms with Gasteiger partial charge in [0.25, 0.3) is 0 Å². The van der Waals surface area contributed by atoms with Crippen LogP contribution in [0.4, 0.5) is 5.82 Å². The number of anilines is 1. The highest BCUT2D eigenvalue weighted by molar-refractivity contribution is 7.12. The van der Waals surface area contributed by atoms with Crippen molar-refractivity contribution in [3.8, 4) is 28.1 Å². The van der Waals surface area contributed by atoms with Gasteiger partial charge in [0.15, 0.2) is 5.76 Å². The van der Waals surface area contributed by atoms with Crippen LogP contribution >= 0.6 is 11.3 Å². The minimum atomic E-state index is -0.509. The molecule has 8 heteroatoms. The van der Waals surface area contributed by atoms with E-state index in [1.165, 1.54) is 11.3 Å². The molecule has 7 nitrogen and oxygen atoms in total. The van der Waals surface area contributed by atoms with Gasteiger partial charge in [0.2, 0.25) is 11.0 Å². The molecule has 1 aliphatic heterocycles. The van der Waals surface area contributed by atoms with Gasteiger partial charge in [0.1, 0.15) is 23.0 Å². The van der Waals surface area contributed by atoms with E-state index >= 15 is 0 Å². The van der Waals surface area contributed by atoms with Gasteiger partial charge in [0, 0.05) is 22.6 Å². The predicted molar refractivity (Wildman–Crippen MR) is 125 cm³/mol. The average Bonchev–Trinajstić information content (AvgIpc) is 3.58. The van der Waals surface area contributed by atoms with Crippen molar-refractivity contribution in [3.05, 3.63) is 95.2 Å². The van der Waals surface area contributed by atoms with E-state index in [0.717, 1.165) is 22.5 Å². The quantitative estimate of drug-likeness (QED) is 0.373. The van der Waals surface area contributed by atoms with Crippen molar-refractivity contribution in [1.29, 1.82) is 0 Å². The van der Waals surface area contributed by atoms with E-state index in [0.29, 0.717) is 28.2 Å². The largest absolute Gasteiger partial charge is 0.463 e. The van der Waals surface area contributed by atoms with Crippen molar-refractivity contribution in [1.82, 2.24) is 14.8 Å². The molecule has 3 aromatic heterocycles.